The lowest BCUT2D eigenvalue weighted by atomic mass is 10.1. The average Bonchev–Trinajstić information content (AvgIpc) is 3.28. The fourth-order valence-electron chi connectivity index (χ4n) is 2.14. The zero-order chi connectivity index (χ0) is 14.9. The fourth-order valence-corrected chi connectivity index (χ4v) is 2.14. The van der Waals surface area contributed by atoms with Gasteiger partial charge in [0.15, 0.2) is 0 Å². The molecule has 0 saturated heterocycles. The van der Waals surface area contributed by atoms with Crippen LogP contribution in [0.5, 0.6) is 0 Å². The molecule has 3 nitrogen and oxygen atoms in total. The van der Waals surface area contributed by atoms with Crippen molar-refractivity contribution in [1.29, 1.82) is 0 Å². The number of rotatable bonds is 11. The van der Waals surface area contributed by atoms with Gasteiger partial charge in [-0.2, -0.15) is 0 Å². The van der Waals surface area contributed by atoms with E-state index < -0.39 is 0 Å². The van der Waals surface area contributed by atoms with Gasteiger partial charge in [0.2, 0.25) is 0 Å². The van der Waals surface area contributed by atoms with Crippen LogP contribution in [-0.2, 0) is 22.5 Å². The second kappa shape index (κ2) is 9.19. The second-order valence-electron chi connectivity index (χ2n) is 6.32. The number of hydrogen-bond acceptors (Lipinski definition) is 3. The molecule has 1 saturated carbocycles. The van der Waals surface area contributed by atoms with Gasteiger partial charge in [0.1, 0.15) is 0 Å². The molecule has 1 aromatic rings. The Kier molecular flexibility index (Phi) is 7.20. The third-order valence-corrected chi connectivity index (χ3v) is 3.54. The molecule has 118 valence electrons. The van der Waals surface area contributed by atoms with Crippen molar-refractivity contribution in [3.63, 3.8) is 0 Å². The summed E-state index contributed by atoms with van der Waals surface area (Å²) >= 11 is 0. The van der Waals surface area contributed by atoms with Gasteiger partial charge in [-0.3, -0.25) is 0 Å². The van der Waals surface area contributed by atoms with E-state index in [-0.39, 0.29) is 0 Å². The van der Waals surface area contributed by atoms with Gasteiger partial charge < -0.3 is 14.8 Å². The first kappa shape index (κ1) is 16.5. The fraction of sp³-hybridized carbons (Fsp3) is 0.667. The van der Waals surface area contributed by atoms with E-state index >= 15 is 0 Å². The van der Waals surface area contributed by atoms with Crippen LogP contribution in [0.3, 0.4) is 0 Å². The van der Waals surface area contributed by atoms with E-state index in [4.69, 9.17) is 9.47 Å². The molecule has 3 heteroatoms. The molecular formula is C18H29NO2. The highest BCUT2D eigenvalue weighted by Crippen LogP contribution is 2.18. The highest BCUT2D eigenvalue weighted by molar-refractivity contribution is 5.22. The summed E-state index contributed by atoms with van der Waals surface area (Å²) in [6, 6.07) is 9.56. The molecule has 2 rings (SSSR count). The zero-order valence-corrected chi connectivity index (χ0v) is 13.4. The van der Waals surface area contributed by atoms with Crippen LogP contribution in [0.4, 0.5) is 0 Å². The van der Waals surface area contributed by atoms with E-state index in [0.29, 0.717) is 25.7 Å². The smallest absolute Gasteiger partial charge is 0.0718 e. The van der Waals surface area contributed by atoms with Crippen molar-refractivity contribution in [3.05, 3.63) is 35.4 Å². The standard InChI is InChI=1S/C18H29NO2/c1-15(2)13-20-11-12-21-14-17-5-3-16(4-6-17)9-10-19-18-7-8-18/h3-6,15,18-19H,7-14H2,1-2H3. The Balaban J connectivity index is 1.54. The predicted molar refractivity (Wildman–Crippen MR) is 86.5 cm³/mol. The van der Waals surface area contributed by atoms with Crippen molar-refractivity contribution in [2.75, 3.05) is 26.4 Å². The summed E-state index contributed by atoms with van der Waals surface area (Å²) in [7, 11) is 0. The monoisotopic (exact) mass is 291 g/mol. The normalized spacial score (nSPS) is 14.8. The maximum absolute atomic E-state index is 5.62. The van der Waals surface area contributed by atoms with Gasteiger partial charge in [-0.1, -0.05) is 38.1 Å². The van der Waals surface area contributed by atoms with Crippen molar-refractivity contribution in [2.24, 2.45) is 5.92 Å². The quantitative estimate of drug-likeness (QED) is 0.635. The van der Waals surface area contributed by atoms with E-state index in [1.165, 1.54) is 24.0 Å². The van der Waals surface area contributed by atoms with Crippen molar-refractivity contribution >= 4 is 0 Å². The molecule has 1 N–H and O–H groups in total. The summed E-state index contributed by atoms with van der Waals surface area (Å²) in [6.07, 6.45) is 3.83. The van der Waals surface area contributed by atoms with E-state index in [1.54, 1.807) is 0 Å². The third-order valence-electron chi connectivity index (χ3n) is 3.54. The minimum Gasteiger partial charge on any atom is -0.379 e. The first-order valence-electron chi connectivity index (χ1n) is 8.20. The van der Waals surface area contributed by atoms with Crippen molar-refractivity contribution in [2.45, 2.75) is 45.8 Å². The summed E-state index contributed by atoms with van der Waals surface area (Å²) in [5.41, 5.74) is 2.63. The van der Waals surface area contributed by atoms with E-state index in [1.807, 2.05) is 0 Å². The van der Waals surface area contributed by atoms with Crippen molar-refractivity contribution < 1.29 is 9.47 Å². The highest BCUT2D eigenvalue weighted by Gasteiger charge is 2.19. The third kappa shape index (κ3) is 7.60. The molecule has 1 aromatic carbocycles. The minimum absolute atomic E-state index is 0.590. The first-order valence-corrected chi connectivity index (χ1v) is 8.20. The van der Waals surface area contributed by atoms with Crippen LogP contribution in [0.1, 0.15) is 37.8 Å². The van der Waals surface area contributed by atoms with Crippen LogP contribution in [0.2, 0.25) is 0 Å². The summed E-state index contributed by atoms with van der Waals surface area (Å²) in [4.78, 5) is 0. The largest absolute Gasteiger partial charge is 0.379 e. The first-order chi connectivity index (χ1) is 10.2. The van der Waals surface area contributed by atoms with Gasteiger partial charge in [-0.25, -0.2) is 0 Å². The van der Waals surface area contributed by atoms with E-state index in [0.717, 1.165) is 25.6 Å². The van der Waals surface area contributed by atoms with Crippen molar-refractivity contribution in [1.82, 2.24) is 5.32 Å². The zero-order valence-electron chi connectivity index (χ0n) is 13.4. The number of hydrogen-bond donors (Lipinski definition) is 1. The summed E-state index contributed by atoms with van der Waals surface area (Å²) in [5, 5.41) is 3.54. The predicted octanol–water partition coefficient (Wildman–Crippen LogP) is 3.17. The van der Waals surface area contributed by atoms with Gasteiger partial charge in [0, 0.05) is 12.6 Å². The van der Waals surface area contributed by atoms with Crippen LogP contribution in [-0.4, -0.2) is 32.4 Å². The van der Waals surface area contributed by atoms with Crippen LogP contribution in [0, 0.1) is 5.92 Å². The molecular weight excluding hydrogens is 262 g/mol. The Morgan fingerprint density at radius 1 is 1.05 bits per heavy atom. The van der Waals surface area contributed by atoms with Crippen LogP contribution in [0.15, 0.2) is 24.3 Å². The Bertz CT molecular complexity index is 385. The Morgan fingerprint density at radius 3 is 2.38 bits per heavy atom. The molecule has 0 radical (unpaired) electrons. The summed E-state index contributed by atoms with van der Waals surface area (Å²) in [6.45, 7) is 8.24. The van der Waals surface area contributed by atoms with Gasteiger partial charge in [-0.05, 0) is 42.9 Å². The Morgan fingerprint density at radius 2 is 1.71 bits per heavy atom. The van der Waals surface area contributed by atoms with E-state index in [9.17, 15) is 0 Å². The lowest BCUT2D eigenvalue weighted by Gasteiger charge is -2.08. The molecule has 0 bridgehead atoms. The number of nitrogens with one attached hydrogen (secondary N) is 1. The highest BCUT2D eigenvalue weighted by atomic mass is 16.5. The van der Waals surface area contributed by atoms with Crippen LogP contribution >= 0.6 is 0 Å². The molecule has 0 spiro atoms. The molecule has 0 aromatic heterocycles. The SMILES string of the molecule is CC(C)COCCOCc1ccc(CCNC2CC2)cc1. The maximum atomic E-state index is 5.62. The van der Waals surface area contributed by atoms with E-state index in [2.05, 4.69) is 43.4 Å². The molecule has 1 aliphatic rings. The van der Waals surface area contributed by atoms with Crippen LogP contribution < -0.4 is 5.32 Å². The maximum Gasteiger partial charge on any atom is 0.0718 e. The molecule has 0 atom stereocenters. The lowest BCUT2D eigenvalue weighted by Crippen LogP contribution is -2.19. The van der Waals surface area contributed by atoms with Crippen LogP contribution in [0.25, 0.3) is 0 Å². The molecule has 1 aliphatic carbocycles. The minimum atomic E-state index is 0.590. The average molecular weight is 291 g/mol. The lowest BCUT2D eigenvalue weighted by molar-refractivity contribution is 0.0314. The van der Waals surface area contributed by atoms with Gasteiger partial charge >= 0.3 is 0 Å². The molecule has 0 heterocycles. The van der Waals surface area contributed by atoms with Gasteiger partial charge in [0.25, 0.3) is 0 Å². The Hall–Kier alpha value is -0.900. The Labute approximate surface area is 129 Å². The van der Waals surface area contributed by atoms with Gasteiger partial charge in [-0.15, -0.1) is 0 Å². The topological polar surface area (TPSA) is 30.5 Å². The molecule has 0 amide bonds. The second-order valence-corrected chi connectivity index (χ2v) is 6.32. The molecule has 0 unspecified atom stereocenters. The van der Waals surface area contributed by atoms with Crippen molar-refractivity contribution in [3.8, 4) is 0 Å². The molecule has 0 aliphatic heterocycles. The summed E-state index contributed by atoms with van der Waals surface area (Å²) in [5.74, 6) is 0.590. The van der Waals surface area contributed by atoms with Gasteiger partial charge in [0.05, 0.1) is 19.8 Å². The number of ether oxygens (including phenoxy) is 2. The summed E-state index contributed by atoms with van der Waals surface area (Å²) < 4.78 is 11.1. The number of benzene rings is 1. The molecule has 1 fully saturated rings. The molecule has 21 heavy (non-hydrogen) atoms.